The molecule has 0 bridgehead atoms. The maximum atomic E-state index is 13.2. The lowest BCUT2D eigenvalue weighted by molar-refractivity contribution is -0.211. The average molecular weight is 649 g/mol. The minimum Gasteiger partial charge on any atom is -0.458 e. The van der Waals surface area contributed by atoms with Crippen molar-refractivity contribution in [2.45, 2.75) is 144 Å². The monoisotopic (exact) mass is 648 g/mol. The average Bonchev–Trinajstić information content (AvgIpc) is 3.47. The molecule has 1 heterocycles. The van der Waals surface area contributed by atoms with Gasteiger partial charge in [-0.25, -0.2) is 4.79 Å². The normalized spacial score (nSPS) is 48.4. The van der Waals surface area contributed by atoms with Crippen LogP contribution in [0.15, 0.2) is 30.3 Å². The molecule has 2 spiro atoms. The highest BCUT2D eigenvalue weighted by atomic mass is 16.6. The minimum absolute atomic E-state index is 0.0709. The van der Waals surface area contributed by atoms with Crippen LogP contribution in [0.1, 0.15) is 125 Å². The van der Waals surface area contributed by atoms with Gasteiger partial charge in [-0.15, -0.1) is 0 Å². The fraction of sp³-hybridized carbons (Fsp3) is 0.805. The molecule has 47 heavy (non-hydrogen) atoms. The Morgan fingerprint density at radius 2 is 1.57 bits per heavy atom. The number of hydrogen-bond acceptors (Lipinski definition) is 6. The van der Waals surface area contributed by atoms with Gasteiger partial charge in [-0.2, -0.15) is 0 Å². The van der Waals surface area contributed by atoms with Crippen LogP contribution in [-0.4, -0.2) is 47.1 Å². The molecule has 6 fully saturated rings. The molecule has 5 saturated carbocycles. The molecule has 0 radical (unpaired) electrons. The molecule has 5 aliphatic carbocycles. The molecular formula is C41H60O6. The number of carbonyl (C=O) groups is 2. The molecule has 1 aromatic rings. The molecule has 6 heteroatoms. The summed E-state index contributed by atoms with van der Waals surface area (Å²) in [5.74, 6) is 2.43. The van der Waals surface area contributed by atoms with Crippen molar-refractivity contribution >= 4 is 11.9 Å². The third-order valence-electron chi connectivity index (χ3n) is 16.5. The van der Waals surface area contributed by atoms with Gasteiger partial charge in [0.25, 0.3) is 0 Å². The van der Waals surface area contributed by atoms with Crippen LogP contribution >= 0.6 is 0 Å². The summed E-state index contributed by atoms with van der Waals surface area (Å²) >= 11 is 0. The van der Waals surface area contributed by atoms with E-state index >= 15 is 0 Å². The third kappa shape index (κ3) is 4.22. The topological polar surface area (TPSA) is 82.1 Å². The summed E-state index contributed by atoms with van der Waals surface area (Å²) in [6.45, 7) is 22.3. The van der Waals surface area contributed by atoms with Crippen molar-refractivity contribution in [3.63, 3.8) is 0 Å². The first-order valence-corrected chi connectivity index (χ1v) is 18.7. The van der Waals surface area contributed by atoms with Crippen LogP contribution in [0.4, 0.5) is 0 Å². The Balaban J connectivity index is 1.18. The van der Waals surface area contributed by atoms with E-state index in [1.807, 2.05) is 30.3 Å². The van der Waals surface area contributed by atoms with Gasteiger partial charge in [0, 0.05) is 12.3 Å². The summed E-state index contributed by atoms with van der Waals surface area (Å²) in [6, 6.07) is 9.47. The summed E-state index contributed by atoms with van der Waals surface area (Å²) in [5.41, 5.74) is 0.230. The number of ether oxygens (including phenoxy) is 3. The molecule has 6 nitrogen and oxygen atoms in total. The number of esters is 2. The van der Waals surface area contributed by atoms with Crippen molar-refractivity contribution in [2.75, 3.05) is 0 Å². The van der Waals surface area contributed by atoms with Gasteiger partial charge in [-0.1, -0.05) is 66.7 Å². The van der Waals surface area contributed by atoms with Gasteiger partial charge in [0.15, 0.2) is 6.10 Å². The van der Waals surface area contributed by atoms with Crippen molar-refractivity contribution in [2.24, 2.45) is 62.6 Å². The van der Waals surface area contributed by atoms with Crippen LogP contribution in [0.3, 0.4) is 0 Å². The number of aliphatic hydroxyl groups is 1. The van der Waals surface area contributed by atoms with Crippen LogP contribution in [-0.2, 0) is 19.0 Å². The lowest BCUT2D eigenvalue weighted by atomic mass is 9.40. The highest BCUT2D eigenvalue weighted by molar-refractivity contribution is 5.89. The van der Waals surface area contributed by atoms with Crippen molar-refractivity contribution in [3.05, 3.63) is 35.9 Å². The summed E-state index contributed by atoms with van der Waals surface area (Å²) in [5, 5.41) is 11.1. The van der Waals surface area contributed by atoms with Crippen molar-refractivity contribution in [1.29, 1.82) is 0 Å². The van der Waals surface area contributed by atoms with Crippen LogP contribution < -0.4 is 0 Å². The number of fused-ring (bicyclic) bond motifs is 4. The Hall–Kier alpha value is -1.92. The fourth-order valence-electron chi connectivity index (χ4n) is 14.5. The van der Waals surface area contributed by atoms with Crippen LogP contribution in [0.2, 0.25) is 0 Å². The number of benzene rings is 1. The molecule has 260 valence electrons. The summed E-state index contributed by atoms with van der Waals surface area (Å²) in [7, 11) is 0. The summed E-state index contributed by atoms with van der Waals surface area (Å²) in [6.07, 6.45) is 6.74. The van der Waals surface area contributed by atoms with Gasteiger partial charge in [-0.3, -0.25) is 4.79 Å². The molecule has 1 N–H and O–H groups in total. The quantitative estimate of drug-likeness (QED) is 0.324. The zero-order chi connectivity index (χ0) is 34.1. The third-order valence-corrected chi connectivity index (χ3v) is 16.5. The molecule has 1 saturated heterocycles. The van der Waals surface area contributed by atoms with E-state index in [4.69, 9.17) is 14.2 Å². The van der Waals surface area contributed by atoms with Crippen molar-refractivity contribution in [3.8, 4) is 0 Å². The second-order valence-corrected chi connectivity index (χ2v) is 18.7. The van der Waals surface area contributed by atoms with Gasteiger partial charge in [0.05, 0.1) is 23.4 Å². The standard InChI is InChI=1S/C41H60O6/c1-23-22-28(34(37(7,8)44)45-26(4)42)46-33-24(2)39(10)30-17-16-29-36(5,6)31(47-35(43)27-14-12-11-13-15-27)18-19-40(29)25(3)41(30,40)21-20-38(39,9)32(23)33/h11-15,23-25,28-34,44H,16-22H2,1-10H3. The van der Waals surface area contributed by atoms with E-state index in [1.54, 1.807) is 13.8 Å². The summed E-state index contributed by atoms with van der Waals surface area (Å²) in [4.78, 5) is 25.4. The first-order chi connectivity index (χ1) is 21.9. The SMILES string of the molecule is CC(=O)OC(C1CC(C)C2C(O1)C(C)C1(C)C3CCC4C(C)(C)C(OC(=O)c5ccccc5)CCC45C(C)C35CCC21C)C(C)(C)O. The van der Waals surface area contributed by atoms with Gasteiger partial charge in [-0.05, 0) is 128 Å². The molecule has 0 amide bonds. The Morgan fingerprint density at radius 3 is 2.21 bits per heavy atom. The van der Waals surface area contributed by atoms with E-state index in [1.165, 1.54) is 32.6 Å². The Kier molecular flexibility index (Phi) is 7.53. The maximum Gasteiger partial charge on any atom is 0.338 e. The largest absolute Gasteiger partial charge is 0.458 e. The van der Waals surface area contributed by atoms with Crippen molar-refractivity contribution < 1.29 is 28.9 Å². The van der Waals surface area contributed by atoms with Crippen molar-refractivity contribution in [1.82, 2.24) is 0 Å². The van der Waals surface area contributed by atoms with E-state index in [0.29, 0.717) is 51.9 Å². The zero-order valence-electron chi connectivity index (χ0n) is 30.6. The van der Waals surface area contributed by atoms with Gasteiger partial charge >= 0.3 is 11.9 Å². The van der Waals surface area contributed by atoms with Gasteiger partial charge in [0.2, 0.25) is 0 Å². The Morgan fingerprint density at radius 1 is 0.936 bits per heavy atom. The number of rotatable bonds is 5. The zero-order valence-corrected chi connectivity index (χ0v) is 30.6. The molecule has 6 aliphatic rings. The second kappa shape index (κ2) is 10.5. The van der Waals surface area contributed by atoms with E-state index in [2.05, 4.69) is 48.5 Å². The molecule has 14 unspecified atom stereocenters. The number of hydrogen-bond donors (Lipinski definition) is 1. The fourth-order valence-corrected chi connectivity index (χ4v) is 14.5. The smallest absolute Gasteiger partial charge is 0.338 e. The maximum absolute atomic E-state index is 13.2. The highest BCUT2D eigenvalue weighted by Crippen LogP contribution is 2.92. The predicted octanol–water partition coefficient (Wildman–Crippen LogP) is 8.25. The van der Waals surface area contributed by atoms with Gasteiger partial charge in [0.1, 0.15) is 6.10 Å². The molecular weight excluding hydrogens is 588 g/mol. The first kappa shape index (κ1) is 33.6. The van der Waals surface area contributed by atoms with Crippen LogP contribution in [0.25, 0.3) is 0 Å². The van der Waals surface area contributed by atoms with E-state index in [0.717, 1.165) is 19.3 Å². The van der Waals surface area contributed by atoms with E-state index in [9.17, 15) is 14.7 Å². The molecule has 1 aliphatic heterocycles. The highest BCUT2D eigenvalue weighted by Gasteiger charge is 2.87. The van der Waals surface area contributed by atoms with Crippen LogP contribution in [0, 0.1) is 62.6 Å². The lowest BCUT2D eigenvalue weighted by Gasteiger charge is -2.64. The first-order valence-electron chi connectivity index (χ1n) is 18.7. The molecule has 0 aromatic heterocycles. The molecule has 7 rings (SSSR count). The molecule has 1 aromatic carbocycles. The van der Waals surface area contributed by atoms with Gasteiger partial charge < -0.3 is 19.3 Å². The second-order valence-electron chi connectivity index (χ2n) is 18.7. The minimum atomic E-state index is -1.19. The Bertz CT molecular complexity index is 1410. The lowest BCUT2D eigenvalue weighted by Crippen LogP contribution is -2.59. The Labute approximate surface area is 283 Å². The molecule has 14 atom stereocenters. The summed E-state index contributed by atoms with van der Waals surface area (Å²) < 4.78 is 19.2. The predicted molar refractivity (Wildman–Crippen MR) is 181 cm³/mol. The van der Waals surface area contributed by atoms with E-state index in [-0.39, 0.29) is 46.5 Å². The number of carbonyl (C=O) groups excluding carboxylic acids is 2. The van der Waals surface area contributed by atoms with E-state index < -0.39 is 11.7 Å². The van der Waals surface area contributed by atoms with Crippen LogP contribution in [0.5, 0.6) is 0 Å².